The number of halogens is 3. The summed E-state index contributed by atoms with van der Waals surface area (Å²) in [5, 5.41) is -0.735. The molecule has 1 amide bonds. The Morgan fingerprint density at radius 3 is 2.65 bits per heavy atom. The van der Waals surface area contributed by atoms with Crippen molar-refractivity contribution in [3.63, 3.8) is 0 Å². The second-order valence-corrected chi connectivity index (χ2v) is 6.18. The lowest BCUT2D eigenvalue weighted by Gasteiger charge is -2.14. The molecular formula is C18H14F3NO3S. The molecule has 0 unspecified atom stereocenters. The van der Waals surface area contributed by atoms with Crippen molar-refractivity contribution in [3.8, 4) is 5.75 Å². The van der Waals surface area contributed by atoms with Crippen LogP contribution in [-0.2, 0) is 4.79 Å². The molecule has 0 bridgehead atoms. The highest BCUT2D eigenvalue weighted by Crippen LogP contribution is 2.34. The Kier molecular flexibility index (Phi) is 6.46. The van der Waals surface area contributed by atoms with E-state index in [1.54, 1.807) is 30.4 Å². The number of hydrogen-bond donors (Lipinski definition) is 1. The van der Waals surface area contributed by atoms with Crippen molar-refractivity contribution in [3.05, 3.63) is 70.7 Å². The number of amides is 1. The van der Waals surface area contributed by atoms with Crippen LogP contribution in [0.1, 0.15) is 12.0 Å². The van der Waals surface area contributed by atoms with Crippen LogP contribution >= 0.6 is 11.8 Å². The number of carbonyl (C=O) groups is 2. The van der Waals surface area contributed by atoms with E-state index in [9.17, 15) is 22.8 Å². The molecule has 2 rings (SSSR count). The Balaban J connectivity index is 2.41. The number of benzene rings is 1. The van der Waals surface area contributed by atoms with Crippen LogP contribution in [0.5, 0.6) is 5.75 Å². The molecule has 8 heteroatoms. The molecule has 0 aliphatic heterocycles. The van der Waals surface area contributed by atoms with Crippen molar-refractivity contribution < 1.29 is 27.5 Å². The SMILES string of the molecule is NC(=O)S/C(C=O)=C\C1=CC=CCC(c2ccccc2OC(F)(F)F)=C1. The molecule has 0 aromatic heterocycles. The molecule has 1 aliphatic carbocycles. The van der Waals surface area contributed by atoms with Gasteiger partial charge in [-0.2, -0.15) is 0 Å². The predicted octanol–water partition coefficient (Wildman–Crippen LogP) is 4.75. The maximum atomic E-state index is 12.6. The summed E-state index contributed by atoms with van der Waals surface area (Å²) >= 11 is 0.572. The van der Waals surface area contributed by atoms with E-state index >= 15 is 0 Å². The molecule has 1 aromatic rings. The Morgan fingerprint density at radius 2 is 2.00 bits per heavy atom. The molecular weight excluding hydrogens is 367 g/mol. The standard InChI is InChI=1S/C18H14F3NO3S/c19-18(20,21)25-16-8-4-3-7-15(16)13-6-2-1-5-12(9-13)10-14(11-23)26-17(22)24/h1-5,7-11H,6H2,(H2,22,24)/b14-10-. The second-order valence-electron chi connectivity index (χ2n) is 5.10. The summed E-state index contributed by atoms with van der Waals surface area (Å²) in [6.07, 6.45) is 4.25. The van der Waals surface area contributed by atoms with Crippen LogP contribution in [0.2, 0.25) is 0 Å². The number of allylic oxidation sites excluding steroid dienone is 8. The van der Waals surface area contributed by atoms with Gasteiger partial charge in [-0.25, -0.2) is 0 Å². The van der Waals surface area contributed by atoms with Crippen LogP contribution in [0.4, 0.5) is 18.0 Å². The van der Waals surface area contributed by atoms with Gasteiger partial charge in [0.15, 0.2) is 6.29 Å². The Bertz CT molecular complexity index is 823. The molecule has 26 heavy (non-hydrogen) atoms. The van der Waals surface area contributed by atoms with Crippen LogP contribution in [0.15, 0.2) is 65.1 Å². The summed E-state index contributed by atoms with van der Waals surface area (Å²) in [6.45, 7) is 0. The van der Waals surface area contributed by atoms with Crippen LogP contribution < -0.4 is 10.5 Å². The monoisotopic (exact) mass is 381 g/mol. The Morgan fingerprint density at radius 1 is 1.27 bits per heavy atom. The van der Waals surface area contributed by atoms with Crippen LogP contribution in [0.3, 0.4) is 0 Å². The van der Waals surface area contributed by atoms with Gasteiger partial charge in [0.25, 0.3) is 5.24 Å². The number of alkyl halides is 3. The zero-order valence-electron chi connectivity index (χ0n) is 13.3. The van der Waals surface area contributed by atoms with Crippen LogP contribution in [-0.4, -0.2) is 17.9 Å². The van der Waals surface area contributed by atoms with E-state index in [1.165, 1.54) is 24.3 Å². The van der Waals surface area contributed by atoms with E-state index in [1.807, 2.05) is 0 Å². The number of rotatable bonds is 5. The van der Waals surface area contributed by atoms with Gasteiger partial charge in [-0.1, -0.05) is 42.5 Å². The third-order valence-corrected chi connectivity index (χ3v) is 3.86. The summed E-state index contributed by atoms with van der Waals surface area (Å²) in [5.41, 5.74) is 6.44. The van der Waals surface area contributed by atoms with E-state index in [0.29, 0.717) is 35.6 Å². The third-order valence-electron chi connectivity index (χ3n) is 3.21. The summed E-state index contributed by atoms with van der Waals surface area (Å²) in [4.78, 5) is 22.1. The number of para-hydroxylation sites is 1. The van der Waals surface area contributed by atoms with Crippen LogP contribution in [0, 0.1) is 0 Å². The van der Waals surface area contributed by atoms with Crippen molar-refractivity contribution in [2.75, 3.05) is 0 Å². The summed E-state index contributed by atoms with van der Waals surface area (Å²) in [6, 6.07) is 5.80. The highest BCUT2D eigenvalue weighted by Gasteiger charge is 2.32. The highest BCUT2D eigenvalue weighted by molar-refractivity contribution is 8.17. The molecule has 2 N–H and O–H groups in total. The van der Waals surface area contributed by atoms with E-state index < -0.39 is 11.6 Å². The van der Waals surface area contributed by atoms with Gasteiger partial charge in [-0.3, -0.25) is 9.59 Å². The molecule has 1 aromatic carbocycles. The van der Waals surface area contributed by atoms with Gasteiger partial charge in [0.05, 0.1) is 4.91 Å². The number of aldehydes is 1. The van der Waals surface area contributed by atoms with E-state index in [0.717, 1.165) is 0 Å². The Labute approximate surface area is 151 Å². The van der Waals surface area contributed by atoms with Crippen LogP contribution in [0.25, 0.3) is 5.57 Å². The first-order chi connectivity index (χ1) is 12.3. The maximum absolute atomic E-state index is 12.6. The number of primary amides is 1. The van der Waals surface area contributed by atoms with Gasteiger partial charge in [0.2, 0.25) is 0 Å². The molecule has 136 valence electrons. The number of ether oxygens (including phenoxy) is 1. The first-order valence-electron chi connectivity index (χ1n) is 7.35. The fourth-order valence-corrected chi connectivity index (χ4v) is 2.75. The van der Waals surface area contributed by atoms with E-state index in [4.69, 9.17) is 5.73 Å². The molecule has 4 nitrogen and oxygen atoms in total. The van der Waals surface area contributed by atoms with Gasteiger partial charge in [0.1, 0.15) is 5.75 Å². The fraction of sp³-hybridized carbons (Fsp3) is 0.111. The molecule has 0 radical (unpaired) electrons. The highest BCUT2D eigenvalue weighted by atomic mass is 32.2. The summed E-state index contributed by atoms with van der Waals surface area (Å²) in [7, 11) is 0. The van der Waals surface area contributed by atoms with Gasteiger partial charge in [-0.05, 0) is 41.5 Å². The lowest BCUT2D eigenvalue weighted by molar-refractivity contribution is -0.274. The van der Waals surface area contributed by atoms with Gasteiger partial charge in [0, 0.05) is 5.56 Å². The molecule has 0 fully saturated rings. The fourth-order valence-electron chi connectivity index (χ4n) is 2.27. The minimum atomic E-state index is -4.81. The van der Waals surface area contributed by atoms with E-state index in [-0.39, 0.29) is 16.2 Å². The zero-order valence-corrected chi connectivity index (χ0v) is 14.1. The normalized spacial score (nSPS) is 15.0. The van der Waals surface area contributed by atoms with Gasteiger partial charge < -0.3 is 10.5 Å². The molecule has 0 heterocycles. The van der Waals surface area contributed by atoms with Crippen molar-refractivity contribution in [2.45, 2.75) is 12.8 Å². The van der Waals surface area contributed by atoms with Crippen molar-refractivity contribution in [1.29, 1.82) is 0 Å². The molecule has 0 atom stereocenters. The quantitative estimate of drug-likeness (QED) is 0.590. The second kappa shape index (κ2) is 8.57. The van der Waals surface area contributed by atoms with Crippen molar-refractivity contribution in [1.82, 2.24) is 0 Å². The van der Waals surface area contributed by atoms with E-state index in [2.05, 4.69) is 4.74 Å². The number of thioether (sulfide) groups is 1. The number of hydrogen-bond acceptors (Lipinski definition) is 4. The number of nitrogens with two attached hydrogens (primary N) is 1. The predicted molar refractivity (Wildman–Crippen MR) is 94.3 cm³/mol. The smallest absolute Gasteiger partial charge is 0.405 e. The molecule has 1 aliphatic rings. The number of carbonyl (C=O) groups excluding carboxylic acids is 2. The molecule has 0 saturated heterocycles. The summed E-state index contributed by atoms with van der Waals surface area (Å²) < 4.78 is 42.0. The lowest BCUT2D eigenvalue weighted by Crippen LogP contribution is -2.18. The lowest BCUT2D eigenvalue weighted by atomic mass is 10.00. The summed E-state index contributed by atoms with van der Waals surface area (Å²) in [5.74, 6) is -0.313. The Hall–Kier alpha value is -2.74. The minimum Gasteiger partial charge on any atom is -0.405 e. The third kappa shape index (κ3) is 5.96. The topological polar surface area (TPSA) is 69.4 Å². The molecule has 0 spiro atoms. The molecule has 0 saturated carbocycles. The first kappa shape index (κ1) is 19.6. The van der Waals surface area contributed by atoms with Crippen molar-refractivity contribution in [2.24, 2.45) is 5.73 Å². The zero-order chi connectivity index (χ0) is 19.2. The average Bonchev–Trinajstić information content (AvgIpc) is 2.78. The van der Waals surface area contributed by atoms with Crippen molar-refractivity contribution >= 4 is 28.9 Å². The average molecular weight is 381 g/mol. The minimum absolute atomic E-state index is 0.0921. The first-order valence-corrected chi connectivity index (χ1v) is 8.17. The van der Waals surface area contributed by atoms with Gasteiger partial charge in [-0.15, -0.1) is 13.2 Å². The maximum Gasteiger partial charge on any atom is 0.573 e. The largest absolute Gasteiger partial charge is 0.573 e. The van der Waals surface area contributed by atoms with Gasteiger partial charge >= 0.3 is 6.36 Å².